The molecule has 0 bridgehead atoms. The number of methoxy groups -OCH3 is 2. The molecule has 37 heavy (non-hydrogen) atoms. The number of imide groups is 1. The van der Waals surface area contributed by atoms with Gasteiger partial charge in [0.1, 0.15) is 23.6 Å². The standard InChI is InChI=1S/C26H29N5O6/c1-36-19-5-3-4-16-15(19)11-18(28-16)23(33)29-17(10-13-6-7-13)24(34)31-26(12-27)9-8-14-20(21(26)37-2)25(35)30-22(14)32/h3-5,11,13-14,17,20-21,28H,6-10H2,1-2H3,(H,29,33)(H,31,34)(H,30,32,35)/t14-,17-,20-,21-,26+/m0/s1. The molecule has 11 nitrogen and oxygen atoms in total. The number of nitriles is 1. The highest BCUT2D eigenvalue weighted by atomic mass is 16.5. The molecule has 11 heteroatoms. The van der Waals surface area contributed by atoms with E-state index < -0.39 is 47.2 Å². The molecule has 0 unspecified atom stereocenters. The van der Waals surface area contributed by atoms with Gasteiger partial charge < -0.3 is 25.1 Å². The summed E-state index contributed by atoms with van der Waals surface area (Å²) in [6, 6.07) is 8.36. The Morgan fingerprint density at radius 1 is 1.22 bits per heavy atom. The lowest BCUT2D eigenvalue weighted by atomic mass is 9.69. The zero-order chi connectivity index (χ0) is 26.3. The largest absolute Gasteiger partial charge is 0.496 e. The third-order valence-electron chi connectivity index (χ3n) is 7.76. The minimum absolute atomic E-state index is 0.140. The molecule has 194 valence electrons. The summed E-state index contributed by atoms with van der Waals surface area (Å²) in [7, 11) is 2.91. The predicted octanol–water partition coefficient (Wildman–Crippen LogP) is 1.15. The van der Waals surface area contributed by atoms with Crippen molar-refractivity contribution < 1.29 is 28.7 Å². The first-order valence-corrected chi connectivity index (χ1v) is 12.4. The summed E-state index contributed by atoms with van der Waals surface area (Å²) in [5.74, 6) is -2.44. The third kappa shape index (κ3) is 4.42. The number of benzene rings is 1. The number of nitrogens with one attached hydrogen (secondary N) is 4. The van der Waals surface area contributed by atoms with Gasteiger partial charge in [0, 0.05) is 18.0 Å². The molecule has 4 N–H and O–H groups in total. The molecule has 2 heterocycles. The second-order valence-electron chi connectivity index (χ2n) is 10.1. The number of fused-ring (bicyclic) bond motifs is 2. The second kappa shape index (κ2) is 9.52. The summed E-state index contributed by atoms with van der Waals surface area (Å²) in [4.78, 5) is 54.5. The van der Waals surface area contributed by atoms with Gasteiger partial charge in [0.15, 0.2) is 5.54 Å². The summed E-state index contributed by atoms with van der Waals surface area (Å²) in [6.45, 7) is 0. The first-order valence-electron chi connectivity index (χ1n) is 12.4. The van der Waals surface area contributed by atoms with Crippen molar-refractivity contribution in [2.45, 2.75) is 49.8 Å². The van der Waals surface area contributed by atoms with Crippen LogP contribution in [-0.2, 0) is 19.1 Å². The van der Waals surface area contributed by atoms with E-state index in [0.717, 1.165) is 23.7 Å². The van der Waals surface area contributed by atoms with Crippen LogP contribution in [0, 0.1) is 29.1 Å². The van der Waals surface area contributed by atoms with Gasteiger partial charge in [0.05, 0.1) is 25.0 Å². The molecule has 2 aromatic rings. The Labute approximate surface area is 213 Å². The number of carbonyl (C=O) groups excluding carboxylic acids is 4. The van der Waals surface area contributed by atoms with Gasteiger partial charge in [-0.3, -0.25) is 24.5 Å². The molecule has 0 radical (unpaired) electrons. The summed E-state index contributed by atoms with van der Waals surface area (Å²) < 4.78 is 10.9. The fraction of sp³-hybridized carbons (Fsp3) is 0.500. The molecule has 1 saturated heterocycles. The molecule has 0 spiro atoms. The molecule has 1 aromatic carbocycles. The van der Waals surface area contributed by atoms with Crippen molar-refractivity contribution in [2.24, 2.45) is 17.8 Å². The molecule has 3 aliphatic rings. The van der Waals surface area contributed by atoms with Crippen molar-refractivity contribution in [3.8, 4) is 11.8 Å². The lowest BCUT2D eigenvalue weighted by Gasteiger charge is -2.43. The van der Waals surface area contributed by atoms with Crippen molar-refractivity contribution in [1.82, 2.24) is 20.9 Å². The first-order chi connectivity index (χ1) is 17.8. The van der Waals surface area contributed by atoms with Crippen molar-refractivity contribution >= 4 is 34.5 Å². The first kappa shape index (κ1) is 24.8. The van der Waals surface area contributed by atoms with Crippen LogP contribution in [0.3, 0.4) is 0 Å². The van der Waals surface area contributed by atoms with Gasteiger partial charge in [-0.1, -0.05) is 18.9 Å². The Morgan fingerprint density at radius 2 is 2.00 bits per heavy atom. The molecular weight excluding hydrogens is 478 g/mol. The van der Waals surface area contributed by atoms with Crippen LogP contribution >= 0.6 is 0 Å². The number of hydrogen-bond acceptors (Lipinski definition) is 7. The molecule has 1 aliphatic heterocycles. The number of H-pyrrole nitrogens is 1. The molecule has 2 aliphatic carbocycles. The summed E-state index contributed by atoms with van der Waals surface area (Å²) in [5.41, 5.74) is -0.518. The van der Waals surface area contributed by atoms with Crippen molar-refractivity contribution in [3.63, 3.8) is 0 Å². The molecule has 3 fully saturated rings. The Hall–Kier alpha value is -3.91. The molecule has 1 aromatic heterocycles. The highest BCUT2D eigenvalue weighted by Crippen LogP contribution is 2.41. The van der Waals surface area contributed by atoms with E-state index in [2.05, 4.69) is 27.0 Å². The van der Waals surface area contributed by atoms with Gasteiger partial charge in [-0.2, -0.15) is 5.26 Å². The monoisotopic (exact) mass is 507 g/mol. The van der Waals surface area contributed by atoms with Crippen molar-refractivity contribution in [1.29, 1.82) is 5.26 Å². The van der Waals surface area contributed by atoms with Gasteiger partial charge in [-0.25, -0.2) is 0 Å². The molecule has 2 saturated carbocycles. The van der Waals surface area contributed by atoms with Gasteiger partial charge in [-0.15, -0.1) is 0 Å². The quantitative estimate of drug-likeness (QED) is 0.390. The maximum atomic E-state index is 13.5. The zero-order valence-corrected chi connectivity index (χ0v) is 20.6. The minimum Gasteiger partial charge on any atom is -0.496 e. The Bertz CT molecular complexity index is 1310. The van der Waals surface area contributed by atoms with E-state index in [0.29, 0.717) is 18.1 Å². The van der Waals surface area contributed by atoms with E-state index in [4.69, 9.17) is 9.47 Å². The van der Waals surface area contributed by atoms with Crippen molar-refractivity contribution in [3.05, 3.63) is 30.0 Å². The Morgan fingerprint density at radius 3 is 2.68 bits per heavy atom. The number of aromatic amines is 1. The Balaban J connectivity index is 1.37. The fourth-order valence-electron chi connectivity index (χ4n) is 5.65. The molecule has 5 atom stereocenters. The summed E-state index contributed by atoms with van der Waals surface area (Å²) >= 11 is 0. The second-order valence-corrected chi connectivity index (χ2v) is 10.1. The third-order valence-corrected chi connectivity index (χ3v) is 7.76. The van der Waals surface area contributed by atoms with E-state index in [1.807, 2.05) is 12.1 Å². The van der Waals surface area contributed by atoms with E-state index in [9.17, 15) is 24.4 Å². The van der Waals surface area contributed by atoms with Crippen LogP contribution < -0.4 is 20.7 Å². The molecule has 5 rings (SSSR count). The SMILES string of the molecule is COc1cccc2[nH]c(C(=O)N[C@@H](CC3CC3)C(=O)N[C@@]3(C#N)CC[C@@H]4C(=O)NC(=O)[C@@H]4[C@@H]3OC)cc12. The smallest absolute Gasteiger partial charge is 0.268 e. The van der Waals surface area contributed by atoms with Gasteiger partial charge in [0.2, 0.25) is 17.7 Å². The lowest BCUT2D eigenvalue weighted by Crippen LogP contribution is -2.65. The number of hydrogen-bond donors (Lipinski definition) is 4. The van der Waals surface area contributed by atoms with Crippen LogP contribution in [0.25, 0.3) is 10.9 Å². The average Bonchev–Trinajstić information content (AvgIpc) is 3.52. The highest BCUT2D eigenvalue weighted by Gasteiger charge is 2.59. The maximum absolute atomic E-state index is 13.5. The lowest BCUT2D eigenvalue weighted by molar-refractivity contribution is -0.137. The maximum Gasteiger partial charge on any atom is 0.268 e. The van der Waals surface area contributed by atoms with Crippen LogP contribution in [-0.4, -0.2) is 60.5 Å². The van der Waals surface area contributed by atoms with Crippen LogP contribution in [0.1, 0.15) is 42.6 Å². The Kier molecular flexibility index (Phi) is 6.37. The number of carbonyl (C=O) groups is 4. The van der Waals surface area contributed by atoms with E-state index in [1.54, 1.807) is 19.2 Å². The van der Waals surface area contributed by atoms with Crippen LogP contribution in [0.4, 0.5) is 0 Å². The highest BCUT2D eigenvalue weighted by molar-refractivity contribution is 6.06. The van der Waals surface area contributed by atoms with E-state index in [-0.39, 0.29) is 24.4 Å². The fourth-order valence-corrected chi connectivity index (χ4v) is 5.65. The number of amides is 4. The van der Waals surface area contributed by atoms with E-state index in [1.165, 1.54) is 7.11 Å². The minimum atomic E-state index is -1.52. The van der Waals surface area contributed by atoms with Crippen molar-refractivity contribution in [2.75, 3.05) is 14.2 Å². The molecular formula is C26H29N5O6. The normalized spacial score (nSPS) is 27.6. The van der Waals surface area contributed by atoms with Crippen LogP contribution in [0.5, 0.6) is 5.75 Å². The average molecular weight is 508 g/mol. The zero-order valence-electron chi connectivity index (χ0n) is 20.6. The number of rotatable bonds is 8. The van der Waals surface area contributed by atoms with Crippen LogP contribution in [0.15, 0.2) is 24.3 Å². The molecule has 4 amide bonds. The van der Waals surface area contributed by atoms with E-state index >= 15 is 0 Å². The number of ether oxygens (including phenoxy) is 2. The topological polar surface area (TPSA) is 162 Å². The summed E-state index contributed by atoms with van der Waals surface area (Å²) in [5, 5.41) is 18.8. The van der Waals surface area contributed by atoms with Gasteiger partial charge in [-0.05, 0) is 43.4 Å². The predicted molar refractivity (Wildman–Crippen MR) is 130 cm³/mol. The number of aromatic nitrogens is 1. The number of nitrogens with zero attached hydrogens (tertiary/aromatic N) is 1. The van der Waals surface area contributed by atoms with Crippen LogP contribution in [0.2, 0.25) is 0 Å². The van der Waals surface area contributed by atoms with Gasteiger partial charge in [0.25, 0.3) is 5.91 Å². The van der Waals surface area contributed by atoms with Gasteiger partial charge >= 0.3 is 0 Å². The summed E-state index contributed by atoms with van der Waals surface area (Å²) in [6.07, 6.45) is 1.72.